The number of thioether (sulfide) groups is 1. The maximum atomic E-state index is 12.0. The molecule has 3 rings (SSSR count). The first kappa shape index (κ1) is 21.4. The molecule has 0 aliphatic carbocycles. The molecule has 0 saturated carbocycles. The first-order valence-corrected chi connectivity index (χ1v) is 10.8. The van der Waals surface area contributed by atoms with Crippen molar-refractivity contribution >= 4 is 35.2 Å². The van der Waals surface area contributed by atoms with E-state index in [1.54, 1.807) is 20.3 Å². The smallest absolute Gasteiger partial charge is 0.222 e. The molecule has 1 atom stereocenters. The Bertz CT molecular complexity index is 923. The van der Waals surface area contributed by atoms with Crippen molar-refractivity contribution in [2.24, 2.45) is 0 Å². The maximum Gasteiger partial charge on any atom is 0.222 e. The summed E-state index contributed by atoms with van der Waals surface area (Å²) in [5.74, 6) is 0.409. The molecule has 0 saturated heterocycles. The Morgan fingerprint density at radius 2 is 2.14 bits per heavy atom. The van der Waals surface area contributed by atoms with Crippen molar-refractivity contribution in [2.45, 2.75) is 30.5 Å². The summed E-state index contributed by atoms with van der Waals surface area (Å²) in [7, 11) is 3.34. The van der Waals surface area contributed by atoms with Gasteiger partial charge >= 0.3 is 0 Å². The minimum Gasteiger partial charge on any atom is -0.486 e. The van der Waals surface area contributed by atoms with Crippen molar-refractivity contribution in [1.29, 1.82) is 0 Å². The van der Waals surface area contributed by atoms with Gasteiger partial charge in [-0.2, -0.15) is 0 Å². The summed E-state index contributed by atoms with van der Waals surface area (Å²) in [4.78, 5) is 33.8. The number of hydrogen-bond acceptors (Lipinski definition) is 6. The number of nitrogens with one attached hydrogen (secondary N) is 1. The summed E-state index contributed by atoms with van der Waals surface area (Å²) in [6, 6.07) is 5.70. The van der Waals surface area contributed by atoms with Crippen molar-refractivity contribution in [3.63, 3.8) is 0 Å². The van der Waals surface area contributed by atoms with Crippen LogP contribution in [0, 0.1) is 0 Å². The third kappa shape index (κ3) is 5.39. The Balaban J connectivity index is 1.61. The largest absolute Gasteiger partial charge is 0.486 e. The number of fused-ring (bicyclic) bond motifs is 1. The Labute approximate surface area is 179 Å². The third-order valence-corrected chi connectivity index (χ3v) is 5.40. The van der Waals surface area contributed by atoms with Crippen LogP contribution in [0.15, 0.2) is 29.6 Å². The van der Waals surface area contributed by atoms with Gasteiger partial charge in [0.1, 0.15) is 11.9 Å². The molecule has 29 heavy (non-hydrogen) atoms. The van der Waals surface area contributed by atoms with E-state index in [9.17, 15) is 9.59 Å². The highest BCUT2D eigenvalue weighted by atomic mass is 35.5. The maximum absolute atomic E-state index is 12.0. The Morgan fingerprint density at radius 3 is 2.86 bits per heavy atom. The topological polar surface area (TPSA) is 84.4 Å². The molecule has 1 aromatic carbocycles. The van der Waals surface area contributed by atoms with Gasteiger partial charge in [-0.15, -0.1) is 0 Å². The second-order valence-corrected chi connectivity index (χ2v) is 8.09. The molecule has 0 fully saturated rings. The van der Waals surface area contributed by atoms with Gasteiger partial charge < -0.3 is 15.0 Å². The van der Waals surface area contributed by atoms with Gasteiger partial charge in [0.2, 0.25) is 11.8 Å². The number of rotatable bonds is 7. The molecule has 1 N–H and O–H groups in total. The fourth-order valence-electron chi connectivity index (χ4n) is 3.01. The van der Waals surface area contributed by atoms with Gasteiger partial charge in [0.05, 0.1) is 17.3 Å². The monoisotopic (exact) mass is 434 g/mol. The van der Waals surface area contributed by atoms with Crippen molar-refractivity contribution in [3.8, 4) is 17.0 Å². The van der Waals surface area contributed by atoms with Crippen LogP contribution in [0.3, 0.4) is 0 Å². The normalized spacial score (nSPS) is 14.8. The second kappa shape index (κ2) is 9.45. The molecule has 1 aliphatic rings. The zero-order chi connectivity index (χ0) is 21.0. The molecule has 7 nitrogen and oxygen atoms in total. The Morgan fingerprint density at radius 1 is 1.34 bits per heavy atom. The molecular weight excluding hydrogens is 412 g/mol. The Hall–Kier alpha value is -2.32. The van der Waals surface area contributed by atoms with Crippen LogP contribution in [0.4, 0.5) is 0 Å². The van der Waals surface area contributed by atoms with Crippen LogP contribution < -0.4 is 10.1 Å². The molecule has 2 amide bonds. The van der Waals surface area contributed by atoms with E-state index >= 15 is 0 Å². The number of hydrogen-bond donors (Lipinski definition) is 1. The molecule has 2 heterocycles. The number of ether oxygens (including phenoxy) is 1. The lowest BCUT2D eigenvalue weighted by Crippen LogP contribution is -2.35. The summed E-state index contributed by atoms with van der Waals surface area (Å²) < 4.78 is 5.93. The molecular formula is C20H23ClN4O3S. The van der Waals surface area contributed by atoms with Gasteiger partial charge in [0.15, 0.2) is 5.16 Å². The van der Waals surface area contributed by atoms with E-state index in [2.05, 4.69) is 15.3 Å². The quantitative estimate of drug-likeness (QED) is 0.532. The van der Waals surface area contributed by atoms with E-state index in [0.717, 1.165) is 16.8 Å². The van der Waals surface area contributed by atoms with E-state index in [4.69, 9.17) is 16.3 Å². The van der Waals surface area contributed by atoms with Gasteiger partial charge in [-0.25, -0.2) is 9.97 Å². The summed E-state index contributed by atoms with van der Waals surface area (Å²) in [6.07, 6.45) is 4.45. The van der Waals surface area contributed by atoms with Crippen molar-refractivity contribution in [3.05, 3.63) is 35.0 Å². The average Bonchev–Trinajstić information content (AvgIpc) is 3.14. The van der Waals surface area contributed by atoms with Gasteiger partial charge in [0, 0.05) is 50.7 Å². The van der Waals surface area contributed by atoms with Crippen LogP contribution in [0.25, 0.3) is 11.3 Å². The van der Waals surface area contributed by atoms with Crippen molar-refractivity contribution in [1.82, 2.24) is 20.2 Å². The number of nitrogens with zero attached hydrogens (tertiary/aromatic N) is 3. The molecule has 0 spiro atoms. The molecule has 1 aromatic heterocycles. The van der Waals surface area contributed by atoms with Crippen LogP contribution in [-0.2, 0) is 16.0 Å². The predicted molar refractivity (Wildman–Crippen MR) is 113 cm³/mol. The van der Waals surface area contributed by atoms with Crippen LogP contribution in [-0.4, -0.2) is 59.7 Å². The predicted octanol–water partition coefficient (Wildman–Crippen LogP) is 2.81. The molecule has 0 bridgehead atoms. The zero-order valence-corrected chi connectivity index (χ0v) is 18.1. The number of benzene rings is 1. The van der Waals surface area contributed by atoms with Crippen LogP contribution in [0.5, 0.6) is 5.75 Å². The lowest BCUT2D eigenvalue weighted by atomic mass is 10.0. The number of aromatic nitrogens is 2. The molecule has 154 valence electrons. The van der Waals surface area contributed by atoms with Crippen molar-refractivity contribution in [2.75, 3.05) is 26.9 Å². The first-order valence-electron chi connectivity index (χ1n) is 9.20. The molecule has 0 radical (unpaired) electrons. The van der Waals surface area contributed by atoms with Crippen LogP contribution >= 0.6 is 23.4 Å². The fraction of sp³-hybridized carbons (Fsp3) is 0.400. The highest BCUT2D eigenvalue weighted by molar-refractivity contribution is 7.98. The van der Waals surface area contributed by atoms with Crippen molar-refractivity contribution < 1.29 is 14.3 Å². The second-order valence-electron chi connectivity index (χ2n) is 6.91. The summed E-state index contributed by atoms with van der Waals surface area (Å²) in [5, 5.41) is 4.05. The SMILES string of the molecule is CSc1nccc(-c2cc(Cl)c3c(c2)C[C@@H](CNC(=O)CCC(=O)N(C)C)O3)n1. The van der Waals surface area contributed by atoms with Crippen LogP contribution in [0.2, 0.25) is 5.02 Å². The fourth-order valence-corrected chi connectivity index (χ4v) is 3.65. The molecule has 2 aromatic rings. The zero-order valence-electron chi connectivity index (χ0n) is 16.6. The molecule has 0 unspecified atom stereocenters. The molecule has 1 aliphatic heterocycles. The molecule has 9 heteroatoms. The number of carbonyl (C=O) groups is 2. The summed E-state index contributed by atoms with van der Waals surface area (Å²) >= 11 is 7.92. The van der Waals surface area contributed by atoms with Gasteiger partial charge in [-0.1, -0.05) is 23.4 Å². The van der Waals surface area contributed by atoms with Gasteiger partial charge in [-0.05, 0) is 24.5 Å². The van der Waals surface area contributed by atoms with E-state index in [1.807, 2.05) is 24.5 Å². The number of carbonyl (C=O) groups excluding carboxylic acids is 2. The van der Waals surface area contributed by atoms with E-state index < -0.39 is 0 Å². The van der Waals surface area contributed by atoms with Gasteiger partial charge in [-0.3, -0.25) is 9.59 Å². The minimum atomic E-state index is -0.196. The summed E-state index contributed by atoms with van der Waals surface area (Å²) in [5.41, 5.74) is 2.69. The highest BCUT2D eigenvalue weighted by Crippen LogP contribution is 2.39. The standard InChI is InChI=1S/C20H23ClN4O3S/c1-25(2)18(27)5-4-17(26)23-11-14-9-13-8-12(10-15(21)19(13)28-14)16-6-7-22-20(24-16)29-3/h6-8,10,14H,4-5,9,11H2,1-3H3,(H,23,26)/t14-/m0/s1. The highest BCUT2D eigenvalue weighted by Gasteiger charge is 2.26. The number of amides is 2. The van der Waals surface area contributed by atoms with Crippen LogP contribution in [0.1, 0.15) is 18.4 Å². The first-order chi connectivity index (χ1) is 13.9. The lowest BCUT2D eigenvalue weighted by molar-refractivity contribution is -0.131. The summed E-state index contributed by atoms with van der Waals surface area (Å²) in [6.45, 7) is 0.361. The average molecular weight is 435 g/mol. The van der Waals surface area contributed by atoms with E-state index in [-0.39, 0.29) is 30.8 Å². The van der Waals surface area contributed by atoms with E-state index in [0.29, 0.717) is 28.9 Å². The minimum absolute atomic E-state index is 0.0710. The number of halogens is 1. The Kier molecular flexibility index (Phi) is 6.97. The third-order valence-electron chi connectivity index (χ3n) is 4.56. The van der Waals surface area contributed by atoms with E-state index in [1.165, 1.54) is 16.7 Å². The van der Waals surface area contributed by atoms with Gasteiger partial charge in [0.25, 0.3) is 0 Å². The lowest BCUT2D eigenvalue weighted by Gasteiger charge is -2.13.